The van der Waals surface area contributed by atoms with Crippen molar-refractivity contribution in [3.63, 3.8) is 0 Å². The fraction of sp³-hybridized carbons (Fsp3) is 0.833. The summed E-state index contributed by atoms with van der Waals surface area (Å²) in [7, 11) is 0. The van der Waals surface area contributed by atoms with E-state index in [-0.39, 0.29) is 0 Å². The first-order valence-corrected chi connectivity index (χ1v) is 8.92. The van der Waals surface area contributed by atoms with Gasteiger partial charge >= 0.3 is 5.97 Å². The summed E-state index contributed by atoms with van der Waals surface area (Å²) in [5.74, 6) is -2.81. The van der Waals surface area contributed by atoms with Gasteiger partial charge in [0.15, 0.2) is 11.9 Å². The number of hydrogen-bond donors (Lipinski definition) is 4. The zero-order valence-electron chi connectivity index (χ0n) is 14.4. The van der Waals surface area contributed by atoms with E-state index in [0.29, 0.717) is 12.8 Å². The van der Waals surface area contributed by atoms with Gasteiger partial charge in [0.05, 0.1) is 0 Å². The molecule has 0 aromatic rings. The van der Waals surface area contributed by atoms with Gasteiger partial charge in [-0.3, -0.25) is 0 Å². The molecule has 1 atom stereocenters. The van der Waals surface area contributed by atoms with Crippen molar-refractivity contribution >= 4 is 5.97 Å². The number of aliphatic hydroxyl groups is 3. The Bertz CT molecular complexity index is 325. The molecule has 0 aliphatic heterocycles. The van der Waals surface area contributed by atoms with Crippen molar-refractivity contribution in [1.29, 1.82) is 0 Å². The molecule has 1 unspecified atom stereocenters. The zero-order chi connectivity index (χ0) is 17.6. The number of carbonyl (C=O) groups is 1. The third kappa shape index (κ3) is 14.4. The molecule has 0 fully saturated rings. The Morgan fingerprint density at radius 3 is 2.22 bits per heavy atom. The Morgan fingerprint density at radius 2 is 1.61 bits per heavy atom. The van der Waals surface area contributed by atoms with Crippen molar-refractivity contribution in [1.82, 2.24) is 0 Å². The number of rotatable bonds is 15. The molecule has 0 saturated heterocycles. The minimum absolute atomic E-state index is 0.325. The van der Waals surface area contributed by atoms with Crippen LogP contribution in [0, 0.1) is 0 Å². The number of carboxylic acid groups (broad SMARTS) is 1. The maximum atomic E-state index is 10.4. The summed E-state index contributed by atoms with van der Waals surface area (Å²) in [4.78, 5) is 10.4. The average Bonchev–Trinajstić information content (AvgIpc) is 2.48. The van der Waals surface area contributed by atoms with Gasteiger partial charge in [0, 0.05) is 6.42 Å². The second-order valence-electron chi connectivity index (χ2n) is 6.29. The number of hydrogen-bond acceptors (Lipinski definition) is 4. The maximum absolute atomic E-state index is 10.4. The van der Waals surface area contributed by atoms with Crippen molar-refractivity contribution in [3.8, 4) is 0 Å². The predicted molar refractivity (Wildman–Crippen MR) is 91.0 cm³/mol. The van der Waals surface area contributed by atoms with Gasteiger partial charge in [0.25, 0.3) is 0 Å². The van der Waals surface area contributed by atoms with Gasteiger partial charge in [0.1, 0.15) is 0 Å². The molecule has 5 nitrogen and oxygen atoms in total. The van der Waals surface area contributed by atoms with E-state index >= 15 is 0 Å². The first kappa shape index (κ1) is 22.1. The molecule has 136 valence electrons. The van der Waals surface area contributed by atoms with E-state index < -0.39 is 17.9 Å². The minimum Gasteiger partial charge on any atom is -0.479 e. The summed E-state index contributed by atoms with van der Waals surface area (Å²) >= 11 is 0. The Kier molecular flexibility index (Phi) is 13.0. The number of aliphatic hydroxyl groups excluding tert-OH is 1. The van der Waals surface area contributed by atoms with E-state index in [0.717, 1.165) is 64.2 Å². The van der Waals surface area contributed by atoms with Crippen LogP contribution < -0.4 is 0 Å². The molecule has 0 spiro atoms. The maximum Gasteiger partial charge on any atom is 0.332 e. The summed E-state index contributed by atoms with van der Waals surface area (Å²) in [5, 5.41) is 37.1. The number of unbranched alkanes of at least 4 members (excludes halogenated alkanes) is 8. The SMILES string of the molecule is CCCCCC(O)(O)/C=C/CCCCCCCCC(O)C(=O)O. The highest BCUT2D eigenvalue weighted by molar-refractivity contribution is 5.71. The van der Waals surface area contributed by atoms with E-state index in [1.165, 1.54) is 6.08 Å². The van der Waals surface area contributed by atoms with Crippen LogP contribution in [0.4, 0.5) is 0 Å². The van der Waals surface area contributed by atoms with Crippen LogP contribution in [0.2, 0.25) is 0 Å². The normalized spacial score (nSPS) is 13.6. The summed E-state index contributed by atoms with van der Waals surface area (Å²) < 4.78 is 0. The van der Waals surface area contributed by atoms with E-state index in [1.807, 2.05) is 6.08 Å². The molecule has 23 heavy (non-hydrogen) atoms. The lowest BCUT2D eigenvalue weighted by molar-refractivity contribution is -0.147. The van der Waals surface area contributed by atoms with Crippen LogP contribution in [0.1, 0.15) is 84.0 Å². The van der Waals surface area contributed by atoms with Gasteiger partial charge in [-0.1, -0.05) is 57.9 Å². The lowest BCUT2D eigenvalue weighted by atomic mass is 10.0. The van der Waals surface area contributed by atoms with Crippen LogP contribution in [0.5, 0.6) is 0 Å². The first-order valence-electron chi connectivity index (χ1n) is 8.92. The third-order valence-corrected chi connectivity index (χ3v) is 3.92. The fourth-order valence-corrected chi connectivity index (χ4v) is 2.42. The Labute approximate surface area is 140 Å². The van der Waals surface area contributed by atoms with Crippen molar-refractivity contribution in [2.75, 3.05) is 0 Å². The standard InChI is InChI=1S/C18H34O5/c1-2-3-11-14-18(22,23)15-12-9-7-5-4-6-8-10-13-16(19)17(20)21/h12,15-16,19,22-23H,2-11,13-14H2,1H3,(H,20,21)/b15-12+. The molecule has 0 amide bonds. The molecule has 5 heteroatoms. The highest BCUT2D eigenvalue weighted by Crippen LogP contribution is 2.15. The Balaban J connectivity index is 3.48. The quantitative estimate of drug-likeness (QED) is 0.210. The molecule has 0 rings (SSSR count). The lowest BCUT2D eigenvalue weighted by Gasteiger charge is -2.16. The van der Waals surface area contributed by atoms with Crippen LogP contribution in [0.3, 0.4) is 0 Å². The number of aliphatic carboxylic acids is 1. The van der Waals surface area contributed by atoms with E-state index in [4.69, 9.17) is 10.2 Å². The van der Waals surface area contributed by atoms with Crippen LogP contribution in [-0.4, -0.2) is 38.3 Å². The summed E-state index contributed by atoms with van der Waals surface area (Å²) in [5.41, 5.74) is 0. The fourth-order valence-electron chi connectivity index (χ4n) is 2.42. The monoisotopic (exact) mass is 330 g/mol. The largest absolute Gasteiger partial charge is 0.479 e. The molecule has 0 aromatic carbocycles. The van der Waals surface area contributed by atoms with Crippen LogP contribution in [0.25, 0.3) is 0 Å². The lowest BCUT2D eigenvalue weighted by Crippen LogP contribution is -2.24. The number of carboxylic acids is 1. The van der Waals surface area contributed by atoms with Gasteiger partial charge in [-0.2, -0.15) is 0 Å². The highest BCUT2D eigenvalue weighted by atomic mass is 16.5. The molecule has 0 aromatic heterocycles. The molecule has 0 aliphatic rings. The summed E-state index contributed by atoms with van der Waals surface area (Å²) in [6, 6.07) is 0. The molecular formula is C18H34O5. The number of allylic oxidation sites excluding steroid dienone is 1. The van der Waals surface area contributed by atoms with Gasteiger partial charge in [-0.25, -0.2) is 4.79 Å². The van der Waals surface area contributed by atoms with Gasteiger partial charge in [0.2, 0.25) is 0 Å². The third-order valence-electron chi connectivity index (χ3n) is 3.92. The molecule has 4 N–H and O–H groups in total. The smallest absolute Gasteiger partial charge is 0.332 e. The molecule has 0 heterocycles. The van der Waals surface area contributed by atoms with Gasteiger partial charge < -0.3 is 20.4 Å². The van der Waals surface area contributed by atoms with Crippen LogP contribution in [-0.2, 0) is 4.79 Å². The molecule has 0 aliphatic carbocycles. The van der Waals surface area contributed by atoms with Crippen molar-refractivity contribution in [3.05, 3.63) is 12.2 Å². The minimum atomic E-state index is -1.67. The second kappa shape index (κ2) is 13.5. The van der Waals surface area contributed by atoms with Gasteiger partial charge in [-0.05, 0) is 31.8 Å². The van der Waals surface area contributed by atoms with Gasteiger partial charge in [-0.15, -0.1) is 0 Å². The first-order chi connectivity index (χ1) is 10.9. The van der Waals surface area contributed by atoms with Crippen molar-refractivity contribution in [2.45, 2.75) is 95.9 Å². The van der Waals surface area contributed by atoms with Crippen molar-refractivity contribution in [2.24, 2.45) is 0 Å². The zero-order valence-corrected chi connectivity index (χ0v) is 14.4. The molecule has 0 bridgehead atoms. The van der Waals surface area contributed by atoms with E-state index in [1.54, 1.807) is 0 Å². The molecular weight excluding hydrogens is 296 g/mol. The topological polar surface area (TPSA) is 98.0 Å². The summed E-state index contributed by atoms with van der Waals surface area (Å²) in [6.45, 7) is 2.08. The Hall–Kier alpha value is -0.910. The van der Waals surface area contributed by atoms with Crippen LogP contribution >= 0.6 is 0 Å². The summed E-state index contributed by atoms with van der Waals surface area (Å²) in [6.07, 6.45) is 12.5. The Morgan fingerprint density at radius 1 is 1.00 bits per heavy atom. The highest BCUT2D eigenvalue weighted by Gasteiger charge is 2.17. The molecule has 0 radical (unpaired) electrons. The second-order valence-corrected chi connectivity index (χ2v) is 6.29. The van der Waals surface area contributed by atoms with E-state index in [2.05, 4.69) is 6.92 Å². The average molecular weight is 330 g/mol. The van der Waals surface area contributed by atoms with Crippen molar-refractivity contribution < 1.29 is 25.2 Å². The van der Waals surface area contributed by atoms with Crippen LogP contribution in [0.15, 0.2) is 12.2 Å². The predicted octanol–water partition coefficient (Wildman–Crippen LogP) is 3.37. The van der Waals surface area contributed by atoms with E-state index in [9.17, 15) is 15.0 Å². The molecule has 0 saturated carbocycles.